The van der Waals surface area contributed by atoms with Crippen molar-refractivity contribution in [3.8, 4) is 17.6 Å². The zero-order valence-electron chi connectivity index (χ0n) is 14.5. The smallest absolute Gasteiger partial charge is 0.252 e. The molecule has 25 heavy (non-hydrogen) atoms. The maximum atomic E-state index is 9.08. The molecule has 1 aromatic carbocycles. The number of methoxy groups -OCH3 is 1. The van der Waals surface area contributed by atoms with Gasteiger partial charge in [0, 0.05) is 5.57 Å². The van der Waals surface area contributed by atoms with Crippen LogP contribution in [0.1, 0.15) is 37.4 Å². The van der Waals surface area contributed by atoms with E-state index in [1.54, 1.807) is 26.3 Å². The van der Waals surface area contributed by atoms with Gasteiger partial charge in [-0.1, -0.05) is 13.5 Å². The highest BCUT2D eigenvalue weighted by Gasteiger charge is 2.12. The van der Waals surface area contributed by atoms with E-state index in [2.05, 4.69) is 22.1 Å². The number of ether oxygens (including phenoxy) is 2. The highest BCUT2D eigenvalue weighted by atomic mass is 16.5. The topological polar surface area (TPSA) is 92.7 Å². The second-order valence-corrected chi connectivity index (χ2v) is 5.22. The Morgan fingerprint density at radius 3 is 2.92 bits per heavy atom. The van der Waals surface area contributed by atoms with Crippen molar-refractivity contribution in [2.75, 3.05) is 19.1 Å². The summed E-state index contributed by atoms with van der Waals surface area (Å²) in [5.74, 6) is 1.78. The largest absolute Gasteiger partial charge is 0.493 e. The van der Waals surface area contributed by atoms with Crippen LogP contribution in [0.3, 0.4) is 0 Å². The number of allylic oxidation sites excluding steroid dienone is 1. The van der Waals surface area contributed by atoms with Gasteiger partial charge in [-0.25, -0.2) is 5.43 Å². The van der Waals surface area contributed by atoms with Crippen LogP contribution < -0.4 is 14.9 Å². The van der Waals surface area contributed by atoms with Gasteiger partial charge in [-0.15, -0.1) is 0 Å². The molecule has 0 atom stereocenters. The summed E-state index contributed by atoms with van der Waals surface area (Å²) >= 11 is 0. The van der Waals surface area contributed by atoms with Crippen molar-refractivity contribution in [3.05, 3.63) is 41.9 Å². The fourth-order valence-corrected chi connectivity index (χ4v) is 1.92. The molecule has 1 aromatic heterocycles. The lowest BCUT2D eigenvalue weighted by molar-refractivity contribution is 0.294. The first kappa shape index (κ1) is 18.1. The average molecular weight is 340 g/mol. The van der Waals surface area contributed by atoms with Crippen LogP contribution >= 0.6 is 0 Å². The lowest BCUT2D eigenvalue weighted by Crippen LogP contribution is -1.98. The highest BCUT2D eigenvalue weighted by Crippen LogP contribution is 2.27. The third-order valence-electron chi connectivity index (χ3n) is 3.13. The van der Waals surface area contributed by atoms with Crippen LogP contribution in [0.2, 0.25) is 0 Å². The van der Waals surface area contributed by atoms with Gasteiger partial charge in [0.05, 0.1) is 19.9 Å². The molecule has 0 aliphatic carbocycles. The molecule has 0 aliphatic rings. The van der Waals surface area contributed by atoms with Crippen molar-refractivity contribution in [1.29, 1.82) is 5.26 Å². The maximum Gasteiger partial charge on any atom is 0.252 e. The summed E-state index contributed by atoms with van der Waals surface area (Å²) in [6, 6.07) is 7.43. The third kappa shape index (κ3) is 4.61. The average Bonchev–Trinajstić information content (AvgIpc) is 3.04. The lowest BCUT2D eigenvalue weighted by atomic mass is 10.2. The molecular weight excluding hydrogens is 320 g/mol. The Bertz CT molecular complexity index is 818. The summed E-state index contributed by atoms with van der Waals surface area (Å²) in [6.45, 7) is 8.14. The first-order valence-corrected chi connectivity index (χ1v) is 7.75. The second kappa shape index (κ2) is 8.55. The monoisotopic (exact) mass is 340 g/mol. The van der Waals surface area contributed by atoms with Crippen molar-refractivity contribution in [2.45, 2.75) is 20.3 Å². The van der Waals surface area contributed by atoms with Gasteiger partial charge in [0.25, 0.3) is 5.88 Å². The summed E-state index contributed by atoms with van der Waals surface area (Å²) in [4.78, 5) is 4.02. The molecule has 0 spiro atoms. The van der Waals surface area contributed by atoms with E-state index in [0.29, 0.717) is 29.6 Å². The Kier molecular flexibility index (Phi) is 6.18. The van der Waals surface area contributed by atoms with Gasteiger partial charge in [0.1, 0.15) is 6.07 Å². The molecule has 130 valence electrons. The fraction of sp³-hybridized carbons (Fsp3) is 0.278. The van der Waals surface area contributed by atoms with Gasteiger partial charge in [0.2, 0.25) is 11.6 Å². The molecule has 1 N–H and O–H groups in total. The Morgan fingerprint density at radius 2 is 2.28 bits per heavy atom. The molecule has 0 bridgehead atoms. The van der Waals surface area contributed by atoms with Crippen LogP contribution in [-0.4, -0.2) is 24.9 Å². The number of rotatable bonds is 8. The lowest BCUT2D eigenvalue weighted by Gasteiger charge is -2.10. The van der Waals surface area contributed by atoms with E-state index in [0.717, 1.165) is 12.0 Å². The molecule has 0 unspecified atom stereocenters. The summed E-state index contributed by atoms with van der Waals surface area (Å²) in [7, 11) is 1.58. The molecule has 1 heterocycles. The number of anilines is 1. The Balaban J connectivity index is 2.12. The van der Waals surface area contributed by atoms with Crippen LogP contribution in [0.15, 0.2) is 34.3 Å². The summed E-state index contributed by atoms with van der Waals surface area (Å²) in [5, 5.41) is 13.1. The van der Waals surface area contributed by atoms with Gasteiger partial charge in [-0.3, -0.25) is 0 Å². The minimum absolute atomic E-state index is 0.121. The van der Waals surface area contributed by atoms with Crippen molar-refractivity contribution >= 4 is 17.7 Å². The molecule has 0 saturated carbocycles. The van der Waals surface area contributed by atoms with E-state index in [1.165, 1.54) is 0 Å². The maximum absolute atomic E-state index is 9.08. The number of hydrogen-bond acceptors (Lipinski definition) is 7. The predicted octanol–water partition coefficient (Wildman–Crippen LogP) is 3.82. The van der Waals surface area contributed by atoms with E-state index in [1.807, 2.05) is 25.1 Å². The normalized spacial score (nSPS) is 10.5. The SMILES string of the molecule is C=C(C)c1nc(C#N)c(N/N=C/c2ccc(OCCC)c(OC)c2)o1. The quantitative estimate of drug-likeness (QED) is 0.580. The standard InChI is InChI=1S/C18H20N4O3/c1-5-8-24-15-7-6-13(9-16(15)23-4)11-20-22-18-14(10-19)21-17(25-18)12(2)3/h6-7,9,11,22H,2,5,8H2,1,3-4H3/b20-11+. The number of nitrogens with one attached hydrogen (secondary N) is 1. The first-order chi connectivity index (χ1) is 12.1. The van der Waals surface area contributed by atoms with Crippen LogP contribution in [-0.2, 0) is 0 Å². The number of nitrogens with zero attached hydrogens (tertiary/aromatic N) is 3. The number of benzene rings is 1. The minimum atomic E-state index is 0.121. The fourth-order valence-electron chi connectivity index (χ4n) is 1.92. The van der Waals surface area contributed by atoms with Crippen LogP contribution in [0, 0.1) is 11.3 Å². The van der Waals surface area contributed by atoms with Crippen molar-refractivity contribution in [3.63, 3.8) is 0 Å². The zero-order valence-corrected chi connectivity index (χ0v) is 14.5. The van der Waals surface area contributed by atoms with E-state index in [4.69, 9.17) is 19.2 Å². The van der Waals surface area contributed by atoms with Crippen molar-refractivity contribution < 1.29 is 13.9 Å². The van der Waals surface area contributed by atoms with Gasteiger partial charge < -0.3 is 13.9 Å². The van der Waals surface area contributed by atoms with E-state index >= 15 is 0 Å². The number of nitriles is 1. The number of hydrogen-bond donors (Lipinski definition) is 1. The Hall–Kier alpha value is -3.27. The highest BCUT2D eigenvalue weighted by molar-refractivity contribution is 5.81. The Morgan fingerprint density at radius 1 is 1.48 bits per heavy atom. The van der Waals surface area contributed by atoms with Gasteiger partial charge >= 0.3 is 0 Å². The van der Waals surface area contributed by atoms with Crippen LogP contribution in [0.25, 0.3) is 5.57 Å². The van der Waals surface area contributed by atoms with Gasteiger partial charge in [-0.05, 0) is 37.1 Å². The summed E-state index contributed by atoms with van der Waals surface area (Å²) in [6.07, 6.45) is 2.50. The molecule has 7 nitrogen and oxygen atoms in total. The predicted molar refractivity (Wildman–Crippen MR) is 95.9 cm³/mol. The molecule has 0 fully saturated rings. The molecule has 0 radical (unpaired) electrons. The van der Waals surface area contributed by atoms with Gasteiger partial charge in [-0.2, -0.15) is 15.3 Å². The third-order valence-corrected chi connectivity index (χ3v) is 3.13. The van der Waals surface area contributed by atoms with Crippen LogP contribution in [0.5, 0.6) is 11.5 Å². The minimum Gasteiger partial charge on any atom is -0.493 e. The molecule has 7 heteroatoms. The summed E-state index contributed by atoms with van der Waals surface area (Å²) in [5.41, 5.74) is 4.22. The first-order valence-electron chi connectivity index (χ1n) is 7.75. The van der Waals surface area contributed by atoms with E-state index in [-0.39, 0.29) is 11.6 Å². The van der Waals surface area contributed by atoms with Crippen molar-refractivity contribution in [2.24, 2.45) is 5.10 Å². The number of oxazole rings is 1. The van der Waals surface area contributed by atoms with Crippen LogP contribution in [0.4, 0.5) is 5.88 Å². The van der Waals surface area contributed by atoms with E-state index < -0.39 is 0 Å². The van der Waals surface area contributed by atoms with Gasteiger partial charge in [0.15, 0.2) is 11.5 Å². The van der Waals surface area contributed by atoms with E-state index in [9.17, 15) is 0 Å². The Labute approximate surface area is 146 Å². The molecule has 2 rings (SSSR count). The molecular formula is C18H20N4O3. The molecule has 0 saturated heterocycles. The molecule has 0 amide bonds. The molecule has 0 aliphatic heterocycles. The second-order valence-electron chi connectivity index (χ2n) is 5.22. The molecule has 2 aromatic rings. The van der Waals surface area contributed by atoms with Crippen molar-refractivity contribution in [1.82, 2.24) is 4.98 Å². The zero-order chi connectivity index (χ0) is 18.2. The number of hydrazone groups is 1. The summed E-state index contributed by atoms with van der Waals surface area (Å²) < 4.78 is 16.3. The number of aromatic nitrogens is 1.